The van der Waals surface area contributed by atoms with Gasteiger partial charge in [-0.05, 0) is 5.56 Å². The first-order valence-corrected chi connectivity index (χ1v) is 6.45. The van der Waals surface area contributed by atoms with E-state index in [2.05, 4.69) is 10.5 Å². The van der Waals surface area contributed by atoms with Crippen LogP contribution < -0.4 is 11.2 Å². The van der Waals surface area contributed by atoms with Crippen molar-refractivity contribution in [1.82, 2.24) is 5.43 Å². The molecule has 0 amide bonds. The molecule has 22 heavy (non-hydrogen) atoms. The molecule has 0 spiro atoms. The molecule has 2 aliphatic rings. The molecular weight excluding hydrogens is 297 g/mol. The summed E-state index contributed by atoms with van der Waals surface area (Å²) in [7, 11) is 0. The molecule has 2 heterocycles. The molecule has 0 fully saturated rings. The van der Waals surface area contributed by atoms with Crippen LogP contribution in [0.5, 0.6) is 0 Å². The number of hydrogen-bond donors (Lipinski definition) is 2. The topological polar surface area (TPSA) is 83.4 Å². The third-order valence-corrected chi connectivity index (χ3v) is 3.71. The van der Waals surface area contributed by atoms with Crippen LogP contribution >= 0.6 is 0 Å². The van der Waals surface area contributed by atoms with Gasteiger partial charge in [0.2, 0.25) is 5.88 Å². The number of ether oxygens (including phenoxy) is 1. The molecule has 0 aliphatic carbocycles. The van der Waals surface area contributed by atoms with Gasteiger partial charge in [-0.15, -0.1) is 0 Å². The van der Waals surface area contributed by atoms with Crippen molar-refractivity contribution >= 4 is 5.71 Å². The Morgan fingerprint density at radius 2 is 1.95 bits per heavy atom. The van der Waals surface area contributed by atoms with E-state index in [1.807, 2.05) is 6.07 Å². The second-order valence-corrected chi connectivity index (χ2v) is 4.97. The minimum atomic E-state index is -4.62. The van der Waals surface area contributed by atoms with E-state index in [9.17, 15) is 18.4 Å². The predicted octanol–water partition coefficient (Wildman–Crippen LogP) is 1.96. The molecule has 114 valence electrons. The van der Waals surface area contributed by atoms with E-state index in [1.54, 1.807) is 30.3 Å². The van der Waals surface area contributed by atoms with Crippen molar-refractivity contribution in [3.05, 3.63) is 47.4 Å². The molecule has 1 aromatic rings. The Labute approximate surface area is 123 Å². The van der Waals surface area contributed by atoms with Crippen molar-refractivity contribution in [3.63, 3.8) is 0 Å². The lowest BCUT2D eigenvalue weighted by Crippen LogP contribution is -2.45. The second kappa shape index (κ2) is 4.94. The lowest BCUT2D eigenvalue weighted by atomic mass is 9.76. The number of nitrogens with two attached hydrogens (primary N) is 1. The summed E-state index contributed by atoms with van der Waals surface area (Å²) >= 11 is 0. The second-order valence-electron chi connectivity index (χ2n) is 4.97. The van der Waals surface area contributed by atoms with Crippen LogP contribution in [0, 0.1) is 17.2 Å². The molecule has 3 N–H and O–H groups in total. The summed E-state index contributed by atoms with van der Waals surface area (Å²) in [5.74, 6) is -2.20. The first-order chi connectivity index (χ1) is 10.4. The Morgan fingerprint density at radius 3 is 2.55 bits per heavy atom. The standard InChI is InChI=1S/C14H11F3N4O/c15-14(16,17)11-10-9(7-4-2-1-3-5-7)8(6-18)12(19)22-13(10)21-20-11/h1-5,9-10,13,21H,19H2/t9-,10-,13-/m0/s1. The van der Waals surface area contributed by atoms with Crippen LogP contribution in [0.15, 0.2) is 46.9 Å². The van der Waals surface area contributed by atoms with Gasteiger partial charge < -0.3 is 10.5 Å². The fraction of sp³-hybridized carbons (Fsp3) is 0.286. The maximum Gasteiger partial charge on any atom is 0.431 e. The van der Waals surface area contributed by atoms with Crippen molar-refractivity contribution in [2.24, 2.45) is 16.8 Å². The number of hydrogen-bond acceptors (Lipinski definition) is 5. The van der Waals surface area contributed by atoms with Crippen LogP contribution in [0.25, 0.3) is 0 Å². The molecule has 5 nitrogen and oxygen atoms in total. The van der Waals surface area contributed by atoms with Crippen LogP contribution in [-0.2, 0) is 4.74 Å². The Kier molecular flexibility index (Phi) is 3.20. The number of nitrogens with zero attached hydrogens (tertiary/aromatic N) is 2. The average molecular weight is 308 g/mol. The minimum Gasteiger partial charge on any atom is -0.453 e. The van der Waals surface area contributed by atoms with E-state index in [0.717, 1.165) is 0 Å². The Morgan fingerprint density at radius 1 is 1.27 bits per heavy atom. The SMILES string of the molecule is N#CC1=C(N)O[C@@H]2NN=C(C(F)(F)F)[C@@H]2[C@H]1c1ccccc1. The number of halogens is 3. The van der Waals surface area contributed by atoms with Gasteiger partial charge in [-0.2, -0.15) is 23.5 Å². The third kappa shape index (κ3) is 2.15. The summed E-state index contributed by atoms with van der Waals surface area (Å²) in [5.41, 5.74) is 7.54. The largest absolute Gasteiger partial charge is 0.453 e. The summed E-state index contributed by atoms with van der Waals surface area (Å²) in [6.45, 7) is 0. The van der Waals surface area contributed by atoms with Gasteiger partial charge in [-0.1, -0.05) is 30.3 Å². The normalized spacial score (nSPS) is 27.4. The zero-order chi connectivity index (χ0) is 15.9. The number of benzene rings is 1. The first kappa shape index (κ1) is 14.3. The van der Waals surface area contributed by atoms with Crippen LogP contribution in [0.3, 0.4) is 0 Å². The Hall–Kier alpha value is -2.69. The van der Waals surface area contributed by atoms with Gasteiger partial charge >= 0.3 is 6.18 Å². The van der Waals surface area contributed by atoms with Crippen molar-refractivity contribution in [1.29, 1.82) is 5.26 Å². The summed E-state index contributed by atoms with van der Waals surface area (Å²) in [5, 5.41) is 12.6. The summed E-state index contributed by atoms with van der Waals surface area (Å²) in [6, 6.07) is 10.3. The summed E-state index contributed by atoms with van der Waals surface area (Å²) in [4.78, 5) is 0. The number of nitrogens with one attached hydrogen (secondary N) is 1. The molecule has 0 saturated carbocycles. The van der Waals surface area contributed by atoms with E-state index in [-0.39, 0.29) is 11.5 Å². The van der Waals surface area contributed by atoms with Crippen LogP contribution in [0.2, 0.25) is 0 Å². The number of alkyl halides is 3. The zero-order valence-electron chi connectivity index (χ0n) is 11.1. The lowest BCUT2D eigenvalue weighted by molar-refractivity contribution is -0.0661. The highest BCUT2D eigenvalue weighted by Gasteiger charge is 2.54. The summed E-state index contributed by atoms with van der Waals surface area (Å²) in [6.07, 6.45) is -5.66. The number of hydrazone groups is 1. The Bertz CT molecular complexity index is 690. The molecule has 1 aromatic carbocycles. The van der Waals surface area contributed by atoms with E-state index >= 15 is 0 Å². The fourth-order valence-electron chi connectivity index (χ4n) is 2.81. The van der Waals surface area contributed by atoms with Gasteiger partial charge in [-0.25, -0.2) is 0 Å². The maximum absolute atomic E-state index is 13.2. The molecule has 2 aliphatic heterocycles. The van der Waals surface area contributed by atoms with Crippen LogP contribution in [0.4, 0.5) is 13.2 Å². The van der Waals surface area contributed by atoms with E-state index in [4.69, 9.17) is 10.5 Å². The first-order valence-electron chi connectivity index (χ1n) is 6.45. The molecule has 0 saturated heterocycles. The summed E-state index contributed by atoms with van der Waals surface area (Å²) < 4.78 is 44.8. The maximum atomic E-state index is 13.2. The molecule has 3 atom stereocenters. The molecular formula is C14H11F3N4O. The molecule has 0 radical (unpaired) electrons. The molecule has 0 aromatic heterocycles. The number of nitriles is 1. The fourth-order valence-corrected chi connectivity index (χ4v) is 2.81. The highest BCUT2D eigenvalue weighted by Crippen LogP contribution is 2.44. The third-order valence-electron chi connectivity index (χ3n) is 3.71. The highest BCUT2D eigenvalue weighted by molar-refractivity contribution is 5.94. The van der Waals surface area contributed by atoms with Crippen molar-refractivity contribution < 1.29 is 17.9 Å². The van der Waals surface area contributed by atoms with E-state index in [0.29, 0.717) is 5.56 Å². The van der Waals surface area contributed by atoms with Crippen molar-refractivity contribution in [2.75, 3.05) is 0 Å². The van der Waals surface area contributed by atoms with Gasteiger partial charge in [0.25, 0.3) is 0 Å². The van der Waals surface area contributed by atoms with E-state index in [1.165, 1.54) is 0 Å². The van der Waals surface area contributed by atoms with E-state index < -0.39 is 30.0 Å². The van der Waals surface area contributed by atoms with Crippen LogP contribution in [-0.4, -0.2) is 18.1 Å². The number of allylic oxidation sites excluding steroid dienone is 1. The predicted molar refractivity (Wildman–Crippen MR) is 71.0 cm³/mol. The van der Waals surface area contributed by atoms with Crippen molar-refractivity contribution in [3.8, 4) is 6.07 Å². The van der Waals surface area contributed by atoms with Crippen LogP contribution in [0.1, 0.15) is 11.5 Å². The molecule has 8 heteroatoms. The lowest BCUT2D eigenvalue weighted by Gasteiger charge is -2.34. The minimum absolute atomic E-state index is 0.0203. The van der Waals surface area contributed by atoms with Gasteiger partial charge in [0, 0.05) is 5.92 Å². The van der Waals surface area contributed by atoms with Crippen molar-refractivity contribution in [2.45, 2.75) is 18.3 Å². The molecule has 0 unspecified atom stereocenters. The number of fused-ring (bicyclic) bond motifs is 1. The zero-order valence-corrected chi connectivity index (χ0v) is 11.1. The number of rotatable bonds is 1. The molecule has 3 rings (SSSR count). The van der Waals surface area contributed by atoms with Gasteiger partial charge in [0.1, 0.15) is 6.07 Å². The highest BCUT2D eigenvalue weighted by atomic mass is 19.4. The van der Waals surface area contributed by atoms with Gasteiger partial charge in [0.05, 0.1) is 11.5 Å². The quantitative estimate of drug-likeness (QED) is 0.830. The average Bonchev–Trinajstić information content (AvgIpc) is 2.90. The Balaban J connectivity index is 2.14. The smallest absolute Gasteiger partial charge is 0.431 e. The monoisotopic (exact) mass is 308 g/mol. The molecule has 0 bridgehead atoms. The van der Waals surface area contributed by atoms with Gasteiger partial charge in [0.15, 0.2) is 11.9 Å². The van der Waals surface area contributed by atoms with Gasteiger partial charge in [-0.3, -0.25) is 5.43 Å².